The van der Waals surface area contributed by atoms with Gasteiger partial charge in [0, 0.05) is 5.69 Å². The van der Waals surface area contributed by atoms with E-state index in [2.05, 4.69) is 5.32 Å². The number of sulfonamides is 1. The Balaban J connectivity index is 1.61. The van der Waals surface area contributed by atoms with Gasteiger partial charge in [-0.15, -0.1) is 0 Å². The number of nitrogens with one attached hydrogen (secondary N) is 2. The Labute approximate surface area is 167 Å². The van der Waals surface area contributed by atoms with Crippen LogP contribution in [0.5, 0.6) is 0 Å². The van der Waals surface area contributed by atoms with Gasteiger partial charge in [0.05, 0.1) is 31.1 Å². The highest BCUT2D eigenvalue weighted by Gasteiger charge is 2.34. The van der Waals surface area contributed by atoms with Gasteiger partial charge in [0.25, 0.3) is 5.91 Å². The van der Waals surface area contributed by atoms with Crippen molar-refractivity contribution in [2.75, 3.05) is 31.5 Å². The van der Waals surface area contributed by atoms with E-state index in [9.17, 15) is 13.2 Å². The number of hydrogen-bond acceptors (Lipinski definition) is 3. The lowest BCUT2D eigenvalue weighted by molar-refractivity contribution is -0.917. The summed E-state index contributed by atoms with van der Waals surface area (Å²) in [5.41, 5.74) is 2.82. The van der Waals surface area contributed by atoms with Gasteiger partial charge in [-0.25, -0.2) is 8.42 Å². The number of para-hydroxylation sites is 1. The number of nitrogens with zero attached hydrogens (tertiary/aromatic N) is 1. The minimum absolute atomic E-state index is 0.0494. The summed E-state index contributed by atoms with van der Waals surface area (Å²) in [6, 6.07) is 14.4. The smallest absolute Gasteiger partial charge is 0.282 e. The minimum atomic E-state index is -3.50. The molecule has 2 N–H and O–H groups in total. The van der Waals surface area contributed by atoms with Gasteiger partial charge in [0.15, 0.2) is 6.04 Å². The number of carbonyl (C=O) groups is 1. The predicted octanol–water partition coefficient (Wildman–Crippen LogP) is 1.22. The van der Waals surface area contributed by atoms with Crippen LogP contribution in [0, 0.1) is 13.8 Å². The van der Waals surface area contributed by atoms with E-state index >= 15 is 0 Å². The molecule has 2 aromatic carbocycles. The van der Waals surface area contributed by atoms with Crippen molar-refractivity contribution >= 4 is 21.6 Å². The molecule has 1 heterocycles. The Bertz CT molecular complexity index is 937. The van der Waals surface area contributed by atoms with Gasteiger partial charge in [0.1, 0.15) is 0 Å². The second kappa shape index (κ2) is 8.43. The zero-order valence-corrected chi connectivity index (χ0v) is 17.4. The SMILES string of the molecule is Cc1ccc(S(=O)(=O)N2CC[NH+]([C@@H](C)C(=O)Nc3ccccc3)CC2)cc1C. The maximum atomic E-state index is 12.9. The Morgan fingerprint density at radius 1 is 1.04 bits per heavy atom. The topological polar surface area (TPSA) is 70.9 Å². The van der Waals surface area contributed by atoms with Crippen molar-refractivity contribution in [2.45, 2.75) is 31.7 Å². The molecule has 0 aromatic heterocycles. The highest BCUT2D eigenvalue weighted by atomic mass is 32.2. The van der Waals surface area contributed by atoms with Crippen molar-refractivity contribution in [1.82, 2.24) is 4.31 Å². The third-order valence-electron chi connectivity index (χ3n) is 5.53. The summed E-state index contributed by atoms with van der Waals surface area (Å²) in [4.78, 5) is 14.0. The number of amides is 1. The van der Waals surface area contributed by atoms with Crippen molar-refractivity contribution in [1.29, 1.82) is 0 Å². The maximum Gasteiger partial charge on any atom is 0.282 e. The van der Waals surface area contributed by atoms with Gasteiger partial charge < -0.3 is 10.2 Å². The molecule has 0 aliphatic carbocycles. The van der Waals surface area contributed by atoms with E-state index in [1.54, 1.807) is 12.1 Å². The van der Waals surface area contributed by atoms with Crippen LogP contribution < -0.4 is 10.2 Å². The van der Waals surface area contributed by atoms with E-state index in [-0.39, 0.29) is 11.9 Å². The summed E-state index contributed by atoms with van der Waals surface area (Å²) in [5.74, 6) is -0.0494. The fraction of sp³-hybridized carbons (Fsp3) is 0.381. The van der Waals surface area contributed by atoms with E-state index < -0.39 is 10.0 Å². The zero-order valence-electron chi connectivity index (χ0n) is 16.6. The van der Waals surface area contributed by atoms with Crippen LogP contribution in [0.2, 0.25) is 0 Å². The summed E-state index contributed by atoms with van der Waals surface area (Å²) in [6.45, 7) is 7.81. The number of rotatable bonds is 5. The third-order valence-corrected chi connectivity index (χ3v) is 7.42. The summed E-state index contributed by atoms with van der Waals surface area (Å²) < 4.78 is 27.4. The lowest BCUT2D eigenvalue weighted by Crippen LogP contribution is -3.19. The molecule has 28 heavy (non-hydrogen) atoms. The molecule has 1 aliphatic rings. The lowest BCUT2D eigenvalue weighted by Gasteiger charge is -2.34. The molecule has 1 amide bonds. The monoisotopic (exact) mass is 402 g/mol. The zero-order chi connectivity index (χ0) is 20.3. The van der Waals surface area contributed by atoms with Gasteiger partial charge in [0.2, 0.25) is 10.0 Å². The molecule has 0 saturated carbocycles. The van der Waals surface area contributed by atoms with Crippen LogP contribution in [0.25, 0.3) is 0 Å². The average molecular weight is 403 g/mol. The molecule has 1 atom stereocenters. The van der Waals surface area contributed by atoms with Crippen LogP contribution in [0.15, 0.2) is 53.4 Å². The number of piperazine rings is 1. The Hall–Kier alpha value is -2.22. The van der Waals surface area contributed by atoms with Crippen molar-refractivity contribution in [2.24, 2.45) is 0 Å². The fourth-order valence-corrected chi connectivity index (χ4v) is 4.95. The van der Waals surface area contributed by atoms with Crippen LogP contribution in [0.3, 0.4) is 0 Å². The first-order valence-electron chi connectivity index (χ1n) is 9.57. The lowest BCUT2D eigenvalue weighted by atomic mass is 10.1. The van der Waals surface area contributed by atoms with Gasteiger partial charge in [-0.1, -0.05) is 24.3 Å². The molecule has 3 rings (SSSR count). The van der Waals surface area contributed by atoms with Gasteiger partial charge in [-0.2, -0.15) is 4.31 Å². The Morgan fingerprint density at radius 3 is 2.29 bits per heavy atom. The molecular weight excluding hydrogens is 374 g/mol. The van der Waals surface area contributed by atoms with Crippen molar-refractivity contribution in [3.8, 4) is 0 Å². The standard InChI is InChI=1S/C21H27N3O3S/c1-16-9-10-20(15-17(16)2)28(26,27)24-13-11-23(12-14-24)18(3)21(25)22-19-7-5-4-6-8-19/h4-10,15,18H,11-14H2,1-3H3,(H,22,25)/p+1/t18-/m0/s1. The van der Waals surface area contributed by atoms with Crippen LogP contribution in [0.4, 0.5) is 5.69 Å². The van der Waals surface area contributed by atoms with Crippen molar-refractivity contribution in [3.05, 3.63) is 59.7 Å². The molecule has 0 unspecified atom stereocenters. The number of benzene rings is 2. The van der Waals surface area contributed by atoms with E-state index in [4.69, 9.17) is 0 Å². The maximum absolute atomic E-state index is 12.9. The number of aryl methyl sites for hydroxylation is 2. The Kier molecular flexibility index (Phi) is 6.17. The third kappa shape index (κ3) is 4.43. The van der Waals surface area contributed by atoms with Crippen LogP contribution in [-0.2, 0) is 14.8 Å². The molecule has 0 radical (unpaired) electrons. The average Bonchev–Trinajstić information content (AvgIpc) is 2.70. The highest BCUT2D eigenvalue weighted by Crippen LogP contribution is 2.19. The summed E-state index contributed by atoms with van der Waals surface area (Å²) >= 11 is 0. The van der Waals surface area contributed by atoms with Crippen molar-refractivity contribution in [3.63, 3.8) is 0 Å². The fourth-order valence-electron chi connectivity index (χ4n) is 3.43. The van der Waals surface area contributed by atoms with E-state index in [1.807, 2.05) is 57.2 Å². The van der Waals surface area contributed by atoms with E-state index in [0.717, 1.165) is 21.7 Å². The Morgan fingerprint density at radius 2 is 1.68 bits per heavy atom. The second-order valence-corrected chi connectivity index (χ2v) is 9.32. The summed E-state index contributed by atoms with van der Waals surface area (Å²) in [7, 11) is -3.50. The molecule has 0 spiro atoms. The molecule has 1 saturated heterocycles. The predicted molar refractivity (Wildman–Crippen MR) is 110 cm³/mol. The molecule has 150 valence electrons. The molecule has 7 heteroatoms. The van der Waals surface area contributed by atoms with Gasteiger partial charge in [-0.05, 0) is 56.2 Å². The number of anilines is 1. The van der Waals surface area contributed by atoms with Crippen LogP contribution >= 0.6 is 0 Å². The van der Waals surface area contributed by atoms with Crippen LogP contribution in [0.1, 0.15) is 18.1 Å². The first kappa shape index (κ1) is 20.5. The molecule has 6 nitrogen and oxygen atoms in total. The number of quaternary nitrogens is 1. The van der Waals surface area contributed by atoms with Gasteiger partial charge >= 0.3 is 0 Å². The van der Waals surface area contributed by atoms with Crippen LogP contribution in [-0.4, -0.2) is 50.9 Å². The summed E-state index contributed by atoms with van der Waals surface area (Å²) in [6.07, 6.45) is 0. The molecule has 1 fully saturated rings. The molecule has 1 aliphatic heterocycles. The first-order chi connectivity index (χ1) is 13.3. The van der Waals surface area contributed by atoms with E-state index in [1.165, 1.54) is 4.31 Å². The number of hydrogen-bond donors (Lipinski definition) is 2. The quantitative estimate of drug-likeness (QED) is 0.790. The first-order valence-corrected chi connectivity index (χ1v) is 11.0. The molecular formula is C21H28N3O3S+. The van der Waals surface area contributed by atoms with Gasteiger partial charge in [-0.3, -0.25) is 4.79 Å². The molecule has 0 bridgehead atoms. The normalized spacial score (nSPS) is 17.2. The van der Waals surface area contributed by atoms with Crippen molar-refractivity contribution < 1.29 is 18.1 Å². The molecule has 2 aromatic rings. The second-order valence-electron chi connectivity index (χ2n) is 7.39. The van der Waals surface area contributed by atoms with E-state index in [0.29, 0.717) is 31.1 Å². The largest absolute Gasteiger partial charge is 0.323 e. The number of carbonyl (C=O) groups excluding carboxylic acids is 1. The highest BCUT2D eigenvalue weighted by molar-refractivity contribution is 7.89. The minimum Gasteiger partial charge on any atom is -0.323 e. The summed E-state index contributed by atoms with van der Waals surface area (Å²) in [5, 5.41) is 2.93.